The molecule has 0 heterocycles. The van der Waals surface area contributed by atoms with Gasteiger partial charge < -0.3 is 0 Å². The van der Waals surface area contributed by atoms with Crippen LogP contribution >= 0.6 is 15.9 Å². The Bertz CT molecular complexity index is 430. The average molecular weight is 283 g/mol. The van der Waals surface area contributed by atoms with Gasteiger partial charge >= 0.3 is 0 Å². The van der Waals surface area contributed by atoms with Crippen LogP contribution in [0.4, 0.5) is 0 Å². The first-order valence-electron chi connectivity index (χ1n) is 4.58. The molecule has 5 heteroatoms. The first kappa shape index (κ1) is 12.4. The second-order valence-corrected chi connectivity index (χ2v) is 3.97. The van der Waals surface area contributed by atoms with E-state index >= 15 is 0 Å². The van der Waals surface area contributed by atoms with E-state index in [2.05, 4.69) is 26.8 Å². The van der Waals surface area contributed by atoms with Gasteiger partial charge in [0.1, 0.15) is 0 Å². The van der Waals surface area contributed by atoms with Crippen molar-refractivity contribution in [2.45, 2.75) is 6.92 Å². The van der Waals surface area contributed by atoms with E-state index < -0.39 is 0 Å². The molecule has 0 bridgehead atoms. The Labute approximate surface area is 102 Å². The minimum absolute atomic E-state index is 0.316. The van der Waals surface area contributed by atoms with Crippen molar-refractivity contribution in [3.63, 3.8) is 0 Å². The van der Waals surface area contributed by atoms with Crippen LogP contribution in [0.5, 0.6) is 0 Å². The molecule has 2 N–H and O–H groups in total. The summed E-state index contributed by atoms with van der Waals surface area (Å²) in [7, 11) is 0. The molecule has 0 aliphatic carbocycles. The lowest BCUT2D eigenvalue weighted by Gasteiger charge is -2.00. The van der Waals surface area contributed by atoms with Crippen molar-refractivity contribution in [1.29, 1.82) is 0 Å². The molecule has 0 unspecified atom stereocenters. The minimum atomic E-state index is -0.379. The summed E-state index contributed by atoms with van der Waals surface area (Å²) in [5.74, 6) is -0.695. The number of hydrogen-bond acceptors (Lipinski definition) is 2. The summed E-state index contributed by atoms with van der Waals surface area (Å²) in [6.45, 7) is 1.32. The lowest BCUT2D eigenvalue weighted by Crippen LogP contribution is -2.39. The predicted octanol–water partition coefficient (Wildman–Crippen LogP) is 1.63. The molecule has 0 radical (unpaired) electrons. The van der Waals surface area contributed by atoms with Gasteiger partial charge in [-0.2, -0.15) is 0 Å². The highest BCUT2D eigenvalue weighted by atomic mass is 79.9. The van der Waals surface area contributed by atoms with E-state index in [0.717, 1.165) is 10.0 Å². The lowest BCUT2D eigenvalue weighted by molar-refractivity contribution is -0.125. The van der Waals surface area contributed by atoms with Crippen LogP contribution in [0.25, 0.3) is 6.08 Å². The summed E-state index contributed by atoms with van der Waals surface area (Å²) in [4.78, 5) is 21.7. The Kier molecular flexibility index (Phi) is 4.72. The summed E-state index contributed by atoms with van der Waals surface area (Å²) < 4.78 is 0.942. The first-order chi connectivity index (χ1) is 7.58. The van der Waals surface area contributed by atoms with Gasteiger partial charge in [-0.1, -0.05) is 28.1 Å². The van der Waals surface area contributed by atoms with E-state index in [1.165, 1.54) is 13.0 Å². The van der Waals surface area contributed by atoms with Gasteiger partial charge in [0, 0.05) is 17.5 Å². The van der Waals surface area contributed by atoms with Crippen LogP contribution in [0.15, 0.2) is 34.8 Å². The number of carbonyl (C=O) groups excluding carboxylic acids is 2. The van der Waals surface area contributed by atoms with E-state index in [9.17, 15) is 9.59 Å². The number of carbonyl (C=O) groups is 2. The summed E-state index contributed by atoms with van der Waals surface area (Å²) in [6.07, 6.45) is 3.00. The molecule has 0 saturated heterocycles. The first-order valence-corrected chi connectivity index (χ1v) is 5.37. The van der Waals surface area contributed by atoms with Crippen LogP contribution in [0, 0.1) is 0 Å². The Hall–Kier alpha value is -1.62. The van der Waals surface area contributed by atoms with E-state index in [1.807, 2.05) is 24.3 Å². The van der Waals surface area contributed by atoms with Crippen molar-refractivity contribution in [3.8, 4) is 0 Å². The van der Waals surface area contributed by atoms with Crippen molar-refractivity contribution < 1.29 is 9.59 Å². The molecule has 0 aromatic heterocycles. The number of benzene rings is 1. The summed E-state index contributed by atoms with van der Waals surface area (Å²) in [5.41, 5.74) is 5.32. The molecule has 1 rings (SSSR count). The summed E-state index contributed by atoms with van der Waals surface area (Å²) >= 11 is 3.33. The Morgan fingerprint density at radius 3 is 2.69 bits per heavy atom. The Balaban J connectivity index is 2.53. The molecule has 1 aromatic carbocycles. The molecule has 4 nitrogen and oxygen atoms in total. The van der Waals surface area contributed by atoms with Gasteiger partial charge in [-0.25, -0.2) is 0 Å². The number of amides is 2. The lowest BCUT2D eigenvalue weighted by atomic mass is 10.2. The number of nitrogens with one attached hydrogen (secondary N) is 2. The van der Waals surface area contributed by atoms with Crippen LogP contribution < -0.4 is 10.9 Å². The fourth-order valence-electron chi connectivity index (χ4n) is 0.973. The van der Waals surface area contributed by atoms with Crippen LogP contribution in [-0.4, -0.2) is 11.8 Å². The largest absolute Gasteiger partial charge is 0.274 e. The fraction of sp³-hybridized carbons (Fsp3) is 0.0909. The van der Waals surface area contributed by atoms with Crippen LogP contribution in [-0.2, 0) is 9.59 Å². The number of hydrazine groups is 1. The van der Waals surface area contributed by atoms with Crippen molar-refractivity contribution in [1.82, 2.24) is 10.9 Å². The predicted molar refractivity (Wildman–Crippen MR) is 65.1 cm³/mol. The molecule has 1 aromatic rings. The highest BCUT2D eigenvalue weighted by Gasteiger charge is 1.95. The summed E-state index contributed by atoms with van der Waals surface area (Å²) in [5, 5.41) is 0. The smallest absolute Gasteiger partial charge is 0.262 e. The molecular formula is C11H11BrN2O2. The van der Waals surface area contributed by atoms with Gasteiger partial charge in [0.05, 0.1) is 0 Å². The van der Waals surface area contributed by atoms with Crippen LogP contribution in [0.3, 0.4) is 0 Å². The van der Waals surface area contributed by atoms with Crippen molar-refractivity contribution in [3.05, 3.63) is 40.4 Å². The molecule has 0 atom stereocenters. The Morgan fingerprint density at radius 2 is 2.06 bits per heavy atom. The zero-order chi connectivity index (χ0) is 12.0. The van der Waals surface area contributed by atoms with E-state index in [0.29, 0.717) is 0 Å². The van der Waals surface area contributed by atoms with E-state index in [4.69, 9.17) is 0 Å². The second kappa shape index (κ2) is 6.07. The molecule has 0 aliphatic heterocycles. The van der Waals surface area contributed by atoms with Gasteiger partial charge in [-0.05, 0) is 23.8 Å². The standard InChI is InChI=1S/C11H11BrN2O2/c1-8(15)13-14-11(16)6-5-9-3-2-4-10(12)7-9/h2-7H,1H3,(H,13,15)(H,14,16)/b6-5+. The number of rotatable bonds is 2. The average Bonchev–Trinajstić information content (AvgIpc) is 2.23. The molecule has 84 valence electrons. The minimum Gasteiger partial charge on any atom is -0.274 e. The molecule has 0 aliphatic rings. The number of hydrogen-bond donors (Lipinski definition) is 2. The van der Waals surface area contributed by atoms with Crippen molar-refractivity contribution in [2.24, 2.45) is 0 Å². The topological polar surface area (TPSA) is 58.2 Å². The van der Waals surface area contributed by atoms with Gasteiger partial charge in [0.25, 0.3) is 5.91 Å². The molecular weight excluding hydrogens is 272 g/mol. The quantitative estimate of drug-likeness (QED) is 0.640. The van der Waals surface area contributed by atoms with Crippen LogP contribution in [0.1, 0.15) is 12.5 Å². The maximum absolute atomic E-state index is 11.2. The molecule has 0 spiro atoms. The molecule has 16 heavy (non-hydrogen) atoms. The highest BCUT2D eigenvalue weighted by Crippen LogP contribution is 2.12. The summed E-state index contributed by atoms with van der Waals surface area (Å²) in [6, 6.07) is 7.51. The maximum atomic E-state index is 11.2. The monoisotopic (exact) mass is 282 g/mol. The normalized spacial score (nSPS) is 10.1. The zero-order valence-corrected chi connectivity index (χ0v) is 10.2. The fourth-order valence-corrected chi connectivity index (χ4v) is 1.39. The molecule has 0 fully saturated rings. The van der Waals surface area contributed by atoms with Gasteiger partial charge in [-0.3, -0.25) is 20.4 Å². The van der Waals surface area contributed by atoms with Crippen molar-refractivity contribution in [2.75, 3.05) is 0 Å². The van der Waals surface area contributed by atoms with E-state index in [-0.39, 0.29) is 11.8 Å². The number of halogens is 1. The third-order valence-corrected chi connectivity index (χ3v) is 2.13. The third kappa shape index (κ3) is 4.75. The molecule has 0 saturated carbocycles. The van der Waals surface area contributed by atoms with E-state index in [1.54, 1.807) is 6.08 Å². The maximum Gasteiger partial charge on any atom is 0.262 e. The molecule has 2 amide bonds. The van der Waals surface area contributed by atoms with Crippen LogP contribution in [0.2, 0.25) is 0 Å². The van der Waals surface area contributed by atoms with Crippen molar-refractivity contribution >= 4 is 33.8 Å². The zero-order valence-electron chi connectivity index (χ0n) is 8.66. The van der Waals surface area contributed by atoms with Gasteiger partial charge in [0.15, 0.2) is 0 Å². The third-order valence-electron chi connectivity index (χ3n) is 1.64. The second-order valence-electron chi connectivity index (χ2n) is 3.06. The SMILES string of the molecule is CC(=O)NNC(=O)/C=C/c1cccc(Br)c1. The highest BCUT2D eigenvalue weighted by molar-refractivity contribution is 9.10. The Morgan fingerprint density at radius 1 is 1.31 bits per heavy atom. The van der Waals surface area contributed by atoms with Gasteiger partial charge in [-0.15, -0.1) is 0 Å². The van der Waals surface area contributed by atoms with Gasteiger partial charge in [0.2, 0.25) is 5.91 Å².